The number of carbonyl (C=O) groups excluding carboxylic acids is 2. The van der Waals surface area contributed by atoms with Crippen LogP contribution in [-0.2, 0) is 9.53 Å². The van der Waals surface area contributed by atoms with E-state index in [2.05, 4.69) is 6.92 Å². The van der Waals surface area contributed by atoms with Gasteiger partial charge in [-0.25, -0.2) is 4.79 Å². The second kappa shape index (κ2) is 8.31. The summed E-state index contributed by atoms with van der Waals surface area (Å²) in [5.41, 5.74) is 2.61. The van der Waals surface area contributed by atoms with Gasteiger partial charge in [-0.15, -0.1) is 0 Å². The van der Waals surface area contributed by atoms with Gasteiger partial charge in [0.15, 0.2) is 5.78 Å². The number of unbranched alkanes of at least 4 members (excludes halogenated alkanes) is 2. The molecule has 0 fully saturated rings. The summed E-state index contributed by atoms with van der Waals surface area (Å²) < 4.78 is 4.70. The van der Waals surface area contributed by atoms with Crippen LogP contribution >= 0.6 is 0 Å². The SMILES string of the molecule is CCCCC/C(=C\C(=O)OC)c1ccc(C(C)=O)cc1. The highest BCUT2D eigenvalue weighted by molar-refractivity contribution is 5.95. The van der Waals surface area contributed by atoms with Crippen molar-refractivity contribution in [2.75, 3.05) is 7.11 Å². The van der Waals surface area contributed by atoms with Crippen LogP contribution in [0.3, 0.4) is 0 Å². The maximum absolute atomic E-state index is 11.5. The summed E-state index contributed by atoms with van der Waals surface area (Å²) in [5.74, 6) is -0.298. The molecular weight excluding hydrogens is 252 g/mol. The average molecular weight is 274 g/mol. The lowest BCUT2D eigenvalue weighted by molar-refractivity contribution is -0.134. The van der Waals surface area contributed by atoms with Crippen LogP contribution in [0, 0.1) is 0 Å². The summed E-state index contributed by atoms with van der Waals surface area (Å²) in [6.45, 7) is 3.69. The van der Waals surface area contributed by atoms with Crippen LogP contribution in [0.4, 0.5) is 0 Å². The van der Waals surface area contributed by atoms with Crippen LogP contribution in [0.5, 0.6) is 0 Å². The number of rotatable bonds is 7. The van der Waals surface area contributed by atoms with Crippen molar-refractivity contribution in [1.82, 2.24) is 0 Å². The van der Waals surface area contributed by atoms with Gasteiger partial charge < -0.3 is 4.74 Å². The molecule has 1 aromatic rings. The molecule has 0 spiro atoms. The lowest BCUT2D eigenvalue weighted by Crippen LogP contribution is -1.98. The molecule has 0 amide bonds. The Balaban J connectivity index is 2.94. The molecule has 108 valence electrons. The van der Waals surface area contributed by atoms with Gasteiger partial charge >= 0.3 is 5.97 Å². The van der Waals surface area contributed by atoms with E-state index >= 15 is 0 Å². The topological polar surface area (TPSA) is 43.4 Å². The van der Waals surface area contributed by atoms with Gasteiger partial charge in [0.1, 0.15) is 0 Å². The van der Waals surface area contributed by atoms with Gasteiger partial charge in [-0.3, -0.25) is 4.79 Å². The fourth-order valence-corrected chi connectivity index (χ4v) is 1.99. The quantitative estimate of drug-likeness (QED) is 0.326. The second-order valence-corrected chi connectivity index (χ2v) is 4.78. The second-order valence-electron chi connectivity index (χ2n) is 4.78. The third-order valence-electron chi connectivity index (χ3n) is 3.21. The van der Waals surface area contributed by atoms with E-state index in [9.17, 15) is 9.59 Å². The van der Waals surface area contributed by atoms with Crippen molar-refractivity contribution in [3.8, 4) is 0 Å². The highest BCUT2D eigenvalue weighted by Crippen LogP contribution is 2.22. The van der Waals surface area contributed by atoms with Crippen molar-refractivity contribution < 1.29 is 14.3 Å². The minimum absolute atomic E-state index is 0.0426. The standard InChI is InChI=1S/C17H22O3/c1-4-5-6-7-16(12-17(19)20-3)15-10-8-14(9-11-15)13(2)18/h8-12H,4-7H2,1-3H3/b16-12+. The Labute approximate surface area is 120 Å². The average Bonchev–Trinajstić information content (AvgIpc) is 2.46. The number of ether oxygens (including phenoxy) is 1. The Kier molecular flexibility index (Phi) is 6.71. The fraction of sp³-hybridized carbons (Fsp3) is 0.412. The van der Waals surface area contributed by atoms with Crippen molar-refractivity contribution in [2.45, 2.75) is 39.5 Å². The van der Waals surface area contributed by atoms with Gasteiger partial charge in [-0.2, -0.15) is 0 Å². The molecule has 0 aliphatic rings. The lowest BCUT2D eigenvalue weighted by Gasteiger charge is -2.08. The van der Waals surface area contributed by atoms with Crippen LogP contribution in [-0.4, -0.2) is 18.9 Å². The summed E-state index contributed by atoms with van der Waals surface area (Å²) in [5, 5.41) is 0. The predicted molar refractivity (Wildman–Crippen MR) is 80.6 cm³/mol. The zero-order valence-electron chi connectivity index (χ0n) is 12.4. The molecule has 0 bridgehead atoms. The number of benzene rings is 1. The monoisotopic (exact) mass is 274 g/mol. The molecule has 1 rings (SSSR count). The molecule has 0 aliphatic heterocycles. The first-order valence-electron chi connectivity index (χ1n) is 6.98. The Bertz CT molecular complexity index is 483. The number of hydrogen-bond acceptors (Lipinski definition) is 3. The Morgan fingerprint density at radius 1 is 1.10 bits per heavy atom. The molecule has 0 saturated heterocycles. The number of esters is 1. The predicted octanol–water partition coefficient (Wildman–Crippen LogP) is 4.03. The van der Waals surface area contributed by atoms with Crippen LogP contribution in [0.1, 0.15) is 55.5 Å². The lowest BCUT2D eigenvalue weighted by atomic mass is 9.97. The van der Waals surface area contributed by atoms with Crippen LogP contribution in [0.15, 0.2) is 30.3 Å². The molecule has 0 heterocycles. The smallest absolute Gasteiger partial charge is 0.330 e. The van der Waals surface area contributed by atoms with Gasteiger partial charge in [0.2, 0.25) is 0 Å². The molecule has 0 aromatic heterocycles. The van der Waals surface area contributed by atoms with Gasteiger partial charge in [-0.1, -0.05) is 44.0 Å². The van der Waals surface area contributed by atoms with E-state index in [4.69, 9.17) is 4.74 Å². The normalized spacial score (nSPS) is 11.2. The van der Waals surface area contributed by atoms with E-state index in [0.717, 1.165) is 36.8 Å². The number of Topliss-reactive ketones (excluding diaryl/α,β-unsaturated/α-hetero) is 1. The van der Waals surface area contributed by atoms with Gasteiger partial charge in [0.05, 0.1) is 7.11 Å². The number of ketones is 1. The zero-order valence-corrected chi connectivity index (χ0v) is 12.4. The summed E-state index contributed by atoms with van der Waals surface area (Å²) in [7, 11) is 1.38. The molecule has 1 aromatic carbocycles. The van der Waals surface area contributed by atoms with Crippen molar-refractivity contribution in [3.05, 3.63) is 41.5 Å². The number of methoxy groups -OCH3 is 1. The molecule has 0 N–H and O–H groups in total. The van der Waals surface area contributed by atoms with Gasteiger partial charge in [-0.05, 0) is 30.9 Å². The van der Waals surface area contributed by atoms with E-state index in [1.54, 1.807) is 25.1 Å². The third-order valence-corrected chi connectivity index (χ3v) is 3.21. The van der Waals surface area contributed by atoms with Crippen molar-refractivity contribution >= 4 is 17.3 Å². The van der Waals surface area contributed by atoms with E-state index in [1.165, 1.54) is 7.11 Å². The van der Waals surface area contributed by atoms with E-state index in [0.29, 0.717) is 5.56 Å². The zero-order chi connectivity index (χ0) is 15.0. The van der Waals surface area contributed by atoms with Crippen LogP contribution in [0.25, 0.3) is 5.57 Å². The third kappa shape index (κ3) is 5.00. The molecule has 0 unspecified atom stereocenters. The summed E-state index contributed by atoms with van der Waals surface area (Å²) in [6.07, 6.45) is 5.67. The van der Waals surface area contributed by atoms with Gasteiger partial charge in [0.25, 0.3) is 0 Å². The molecule has 0 atom stereocenters. The first-order chi connectivity index (χ1) is 9.58. The van der Waals surface area contributed by atoms with E-state index in [1.807, 2.05) is 12.1 Å². The molecule has 3 nitrogen and oxygen atoms in total. The van der Waals surface area contributed by atoms with Gasteiger partial charge in [0, 0.05) is 11.6 Å². The van der Waals surface area contributed by atoms with Crippen LogP contribution in [0.2, 0.25) is 0 Å². The highest BCUT2D eigenvalue weighted by atomic mass is 16.5. The Hall–Kier alpha value is -1.90. The molecule has 20 heavy (non-hydrogen) atoms. The highest BCUT2D eigenvalue weighted by Gasteiger charge is 2.06. The van der Waals surface area contributed by atoms with E-state index in [-0.39, 0.29) is 11.8 Å². The minimum atomic E-state index is -0.341. The first kappa shape index (κ1) is 16.2. The summed E-state index contributed by atoms with van der Waals surface area (Å²) >= 11 is 0. The Morgan fingerprint density at radius 3 is 2.20 bits per heavy atom. The Morgan fingerprint density at radius 2 is 1.70 bits per heavy atom. The number of carbonyl (C=O) groups is 2. The summed E-state index contributed by atoms with van der Waals surface area (Å²) in [6, 6.07) is 7.36. The fourth-order valence-electron chi connectivity index (χ4n) is 1.99. The van der Waals surface area contributed by atoms with Crippen molar-refractivity contribution in [3.63, 3.8) is 0 Å². The van der Waals surface area contributed by atoms with E-state index < -0.39 is 0 Å². The maximum atomic E-state index is 11.5. The molecular formula is C17H22O3. The number of hydrogen-bond donors (Lipinski definition) is 0. The van der Waals surface area contributed by atoms with Crippen LogP contribution < -0.4 is 0 Å². The summed E-state index contributed by atoms with van der Waals surface area (Å²) in [4.78, 5) is 22.7. The molecule has 3 heteroatoms. The molecule has 0 saturated carbocycles. The van der Waals surface area contributed by atoms with Crippen molar-refractivity contribution in [2.24, 2.45) is 0 Å². The number of allylic oxidation sites excluding steroid dienone is 1. The minimum Gasteiger partial charge on any atom is -0.466 e. The van der Waals surface area contributed by atoms with Crippen molar-refractivity contribution in [1.29, 1.82) is 0 Å². The molecule has 0 radical (unpaired) electrons. The maximum Gasteiger partial charge on any atom is 0.330 e. The largest absolute Gasteiger partial charge is 0.466 e. The first-order valence-corrected chi connectivity index (χ1v) is 6.98. The molecule has 0 aliphatic carbocycles.